The number of nitrogens with zero attached hydrogens (tertiary/aromatic N) is 2. The predicted octanol–water partition coefficient (Wildman–Crippen LogP) is 2.82. The van der Waals surface area contributed by atoms with Crippen LogP contribution in [0, 0.1) is 11.8 Å². The Morgan fingerprint density at radius 3 is 2.88 bits per heavy atom. The van der Waals surface area contributed by atoms with E-state index in [1.807, 2.05) is 6.20 Å². The van der Waals surface area contributed by atoms with E-state index in [4.69, 9.17) is 0 Å². The van der Waals surface area contributed by atoms with E-state index in [2.05, 4.69) is 41.8 Å². The molecule has 0 amide bonds. The monoisotopic (exact) mass is 235 g/mol. The summed E-state index contributed by atoms with van der Waals surface area (Å²) in [5.74, 6) is 2.84. The molecule has 1 aromatic heterocycles. The highest BCUT2D eigenvalue weighted by molar-refractivity contribution is 4.94. The van der Waals surface area contributed by atoms with Gasteiger partial charge in [-0.1, -0.05) is 20.8 Å². The van der Waals surface area contributed by atoms with E-state index >= 15 is 0 Å². The van der Waals surface area contributed by atoms with Gasteiger partial charge in [-0.05, 0) is 31.1 Å². The standard InChI is InChI=1S/C14H25N3/c1-4-8-17-9-7-15-14(17)10-16-13-6-5-11(2)12(13)3/h7,9,11-13,16H,4-6,8,10H2,1-3H3. The molecule has 1 heterocycles. The fourth-order valence-electron chi connectivity index (χ4n) is 2.83. The first kappa shape index (κ1) is 12.6. The normalized spacial score (nSPS) is 28.8. The molecule has 1 N–H and O–H groups in total. The summed E-state index contributed by atoms with van der Waals surface area (Å²) in [7, 11) is 0. The number of rotatable bonds is 5. The van der Waals surface area contributed by atoms with Crippen molar-refractivity contribution in [2.24, 2.45) is 11.8 Å². The first-order valence-corrected chi connectivity index (χ1v) is 6.95. The van der Waals surface area contributed by atoms with Crippen LogP contribution in [0.5, 0.6) is 0 Å². The average molecular weight is 235 g/mol. The number of imidazole rings is 1. The first-order valence-electron chi connectivity index (χ1n) is 6.95. The molecular weight excluding hydrogens is 210 g/mol. The number of aromatic nitrogens is 2. The lowest BCUT2D eigenvalue weighted by atomic mass is 9.98. The largest absolute Gasteiger partial charge is 0.334 e. The molecule has 2 rings (SSSR count). The third-order valence-corrected chi connectivity index (χ3v) is 4.25. The lowest BCUT2D eigenvalue weighted by Crippen LogP contribution is -2.32. The molecule has 0 aromatic carbocycles. The van der Waals surface area contributed by atoms with Gasteiger partial charge in [-0.2, -0.15) is 0 Å². The van der Waals surface area contributed by atoms with Crippen molar-refractivity contribution in [3.05, 3.63) is 18.2 Å². The zero-order valence-electron chi connectivity index (χ0n) is 11.3. The maximum atomic E-state index is 4.44. The highest BCUT2D eigenvalue weighted by atomic mass is 15.1. The van der Waals surface area contributed by atoms with Crippen molar-refractivity contribution in [1.82, 2.24) is 14.9 Å². The summed E-state index contributed by atoms with van der Waals surface area (Å²) in [6.45, 7) is 8.93. The van der Waals surface area contributed by atoms with Crippen molar-refractivity contribution < 1.29 is 0 Å². The number of hydrogen-bond donors (Lipinski definition) is 1. The summed E-state index contributed by atoms with van der Waals surface area (Å²) in [5.41, 5.74) is 0. The molecular formula is C14H25N3. The Morgan fingerprint density at radius 1 is 1.41 bits per heavy atom. The van der Waals surface area contributed by atoms with Gasteiger partial charge in [-0.15, -0.1) is 0 Å². The zero-order chi connectivity index (χ0) is 12.3. The van der Waals surface area contributed by atoms with E-state index in [-0.39, 0.29) is 0 Å². The van der Waals surface area contributed by atoms with Crippen LogP contribution in [-0.2, 0) is 13.1 Å². The smallest absolute Gasteiger partial charge is 0.122 e. The number of nitrogens with one attached hydrogen (secondary N) is 1. The summed E-state index contributed by atoms with van der Waals surface area (Å²) in [6.07, 6.45) is 7.84. The van der Waals surface area contributed by atoms with Gasteiger partial charge in [0, 0.05) is 25.0 Å². The summed E-state index contributed by atoms with van der Waals surface area (Å²) in [6, 6.07) is 0.678. The molecule has 1 saturated carbocycles. The topological polar surface area (TPSA) is 29.9 Å². The van der Waals surface area contributed by atoms with E-state index < -0.39 is 0 Å². The van der Waals surface area contributed by atoms with Crippen LogP contribution in [0.4, 0.5) is 0 Å². The third kappa shape index (κ3) is 2.89. The summed E-state index contributed by atoms with van der Waals surface area (Å²) in [5, 5.41) is 3.68. The average Bonchev–Trinajstić information content (AvgIpc) is 2.87. The van der Waals surface area contributed by atoms with E-state index in [1.54, 1.807) is 0 Å². The lowest BCUT2D eigenvalue weighted by Gasteiger charge is -2.19. The molecule has 3 heteroatoms. The molecule has 3 nitrogen and oxygen atoms in total. The van der Waals surface area contributed by atoms with Gasteiger partial charge in [0.15, 0.2) is 0 Å². The minimum atomic E-state index is 0.678. The molecule has 0 bridgehead atoms. The number of aryl methyl sites for hydroxylation is 1. The van der Waals surface area contributed by atoms with Crippen LogP contribution in [0.15, 0.2) is 12.4 Å². The van der Waals surface area contributed by atoms with E-state index in [0.29, 0.717) is 6.04 Å². The molecule has 17 heavy (non-hydrogen) atoms. The first-order chi connectivity index (χ1) is 8.22. The molecule has 0 aliphatic heterocycles. The third-order valence-electron chi connectivity index (χ3n) is 4.25. The second-order valence-electron chi connectivity index (χ2n) is 5.44. The Labute approximate surface area is 105 Å². The fourth-order valence-corrected chi connectivity index (χ4v) is 2.83. The van der Waals surface area contributed by atoms with Gasteiger partial charge < -0.3 is 9.88 Å². The van der Waals surface area contributed by atoms with E-state index in [0.717, 1.165) is 24.9 Å². The van der Waals surface area contributed by atoms with Crippen LogP contribution in [-0.4, -0.2) is 15.6 Å². The number of hydrogen-bond acceptors (Lipinski definition) is 2. The molecule has 0 spiro atoms. The molecule has 1 aromatic rings. The maximum Gasteiger partial charge on any atom is 0.122 e. The van der Waals surface area contributed by atoms with Crippen molar-refractivity contribution in [3.63, 3.8) is 0 Å². The zero-order valence-corrected chi connectivity index (χ0v) is 11.3. The molecule has 3 unspecified atom stereocenters. The predicted molar refractivity (Wildman–Crippen MR) is 70.7 cm³/mol. The molecule has 0 radical (unpaired) electrons. The second-order valence-corrected chi connectivity index (χ2v) is 5.44. The Kier molecular flexibility index (Phi) is 4.21. The second kappa shape index (κ2) is 5.67. The Balaban J connectivity index is 1.87. The maximum absolute atomic E-state index is 4.44. The highest BCUT2D eigenvalue weighted by Gasteiger charge is 2.29. The molecule has 1 aliphatic rings. The van der Waals surface area contributed by atoms with Crippen LogP contribution >= 0.6 is 0 Å². The molecule has 0 saturated heterocycles. The van der Waals surface area contributed by atoms with Crippen molar-refractivity contribution >= 4 is 0 Å². The summed E-state index contributed by atoms with van der Waals surface area (Å²) in [4.78, 5) is 4.44. The van der Waals surface area contributed by atoms with Crippen LogP contribution in [0.25, 0.3) is 0 Å². The van der Waals surface area contributed by atoms with Crippen molar-refractivity contribution in [3.8, 4) is 0 Å². The fraction of sp³-hybridized carbons (Fsp3) is 0.786. The highest BCUT2D eigenvalue weighted by Crippen LogP contribution is 2.31. The quantitative estimate of drug-likeness (QED) is 0.850. The van der Waals surface area contributed by atoms with Gasteiger partial charge in [-0.25, -0.2) is 4.98 Å². The summed E-state index contributed by atoms with van der Waals surface area (Å²) < 4.78 is 2.26. The summed E-state index contributed by atoms with van der Waals surface area (Å²) >= 11 is 0. The van der Waals surface area contributed by atoms with Gasteiger partial charge in [0.2, 0.25) is 0 Å². The van der Waals surface area contributed by atoms with E-state index in [1.165, 1.54) is 25.1 Å². The van der Waals surface area contributed by atoms with Gasteiger partial charge in [-0.3, -0.25) is 0 Å². The Bertz CT molecular complexity index is 345. The van der Waals surface area contributed by atoms with E-state index in [9.17, 15) is 0 Å². The van der Waals surface area contributed by atoms with Crippen LogP contribution < -0.4 is 5.32 Å². The van der Waals surface area contributed by atoms with Gasteiger partial charge >= 0.3 is 0 Å². The Morgan fingerprint density at radius 2 is 2.24 bits per heavy atom. The van der Waals surface area contributed by atoms with Gasteiger partial charge in [0.25, 0.3) is 0 Å². The van der Waals surface area contributed by atoms with Crippen molar-refractivity contribution in [2.45, 2.75) is 59.2 Å². The van der Waals surface area contributed by atoms with Crippen LogP contribution in [0.2, 0.25) is 0 Å². The van der Waals surface area contributed by atoms with Gasteiger partial charge in [0.05, 0.1) is 6.54 Å². The van der Waals surface area contributed by atoms with Crippen LogP contribution in [0.3, 0.4) is 0 Å². The SMILES string of the molecule is CCCn1ccnc1CNC1CCC(C)C1C. The van der Waals surface area contributed by atoms with Crippen molar-refractivity contribution in [2.75, 3.05) is 0 Å². The lowest BCUT2D eigenvalue weighted by molar-refractivity contribution is 0.365. The molecule has 1 aliphatic carbocycles. The minimum absolute atomic E-state index is 0.678. The molecule has 96 valence electrons. The Hall–Kier alpha value is -0.830. The van der Waals surface area contributed by atoms with Gasteiger partial charge in [0.1, 0.15) is 5.82 Å². The van der Waals surface area contributed by atoms with Crippen LogP contribution in [0.1, 0.15) is 45.9 Å². The molecule has 3 atom stereocenters. The molecule has 1 fully saturated rings. The van der Waals surface area contributed by atoms with Crippen molar-refractivity contribution in [1.29, 1.82) is 0 Å². The minimum Gasteiger partial charge on any atom is -0.334 e.